The number of hydrogen-bond donors (Lipinski definition) is 1. The molecule has 3 aliphatic rings. The largest absolute Gasteiger partial charge is 0.326 e. The molecule has 0 aromatic heterocycles. The van der Waals surface area contributed by atoms with Crippen LogP contribution in [0.1, 0.15) is 37.7 Å². The zero-order valence-corrected chi connectivity index (χ0v) is 13.9. The minimum atomic E-state index is 0.147. The first-order valence-electron chi connectivity index (χ1n) is 8.39. The van der Waals surface area contributed by atoms with Crippen LogP contribution in [0.5, 0.6) is 0 Å². The molecule has 1 aliphatic carbocycles. The van der Waals surface area contributed by atoms with Crippen molar-refractivity contribution in [3.63, 3.8) is 0 Å². The highest BCUT2D eigenvalue weighted by atomic mass is 32.2. The van der Waals surface area contributed by atoms with E-state index in [0.717, 1.165) is 23.9 Å². The van der Waals surface area contributed by atoms with Crippen LogP contribution in [0, 0.1) is 5.92 Å². The van der Waals surface area contributed by atoms with E-state index in [2.05, 4.69) is 32.7 Å². The van der Waals surface area contributed by atoms with E-state index in [4.69, 9.17) is 0 Å². The molecule has 4 rings (SSSR count). The predicted octanol–water partition coefficient (Wildman–Crippen LogP) is 3.92. The van der Waals surface area contributed by atoms with Crippen molar-refractivity contribution in [1.29, 1.82) is 0 Å². The van der Waals surface area contributed by atoms with Crippen LogP contribution in [0.25, 0.3) is 5.70 Å². The summed E-state index contributed by atoms with van der Waals surface area (Å²) in [4.78, 5) is 18.8. The van der Waals surface area contributed by atoms with E-state index >= 15 is 0 Å². The molecule has 5 heteroatoms. The van der Waals surface area contributed by atoms with Gasteiger partial charge in [0.2, 0.25) is 5.91 Å². The van der Waals surface area contributed by atoms with Gasteiger partial charge in [0, 0.05) is 24.1 Å². The lowest BCUT2D eigenvalue weighted by atomic mass is 10.0. The fourth-order valence-electron chi connectivity index (χ4n) is 3.56. The average molecular weight is 327 g/mol. The van der Waals surface area contributed by atoms with Crippen molar-refractivity contribution in [2.24, 2.45) is 10.9 Å². The second-order valence-corrected chi connectivity index (χ2v) is 7.25. The Balaban J connectivity index is 1.38. The number of anilines is 1. The number of nitrogens with zero attached hydrogens (tertiary/aromatic N) is 2. The van der Waals surface area contributed by atoms with E-state index in [0.29, 0.717) is 12.3 Å². The molecule has 120 valence electrons. The third-order valence-electron chi connectivity index (χ3n) is 4.78. The SMILES string of the molecule is O=C(CC1CCCC1)Nc1ccc(C2=CSC3=NCCN23)cc1. The van der Waals surface area contributed by atoms with Gasteiger partial charge in [0.1, 0.15) is 0 Å². The molecule has 1 N–H and O–H groups in total. The van der Waals surface area contributed by atoms with Crippen molar-refractivity contribution in [2.45, 2.75) is 32.1 Å². The lowest BCUT2D eigenvalue weighted by Gasteiger charge is -2.17. The molecule has 0 unspecified atom stereocenters. The van der Waals surface area contributed by atoms with E-state index < -0.39 is 0 Å². The van der Waals surface area contributed by atoms with Gasteiger partial charge in [-0.25, -0.2) is 0 Å². The third kappa shape index (κ3) is 3.15. The van der Waals surface area contributed by atoms with Crippen LogP contribution in [-0.4, -0.2) is 29.1 Å². The summed E-state index contributed by atoms with van der Waals surface area (Å²) in [7, 11) is 0. The number of thioether (sulfide) groups is 1. The van der Waals surface area contributed by atoms with Gasteiger partial charge in [0.25, 0.3) is 0 Å². The molecular formula is C18H21N3OS. The van der Waals surface area contributed by atoms with Crippen LogP contribution in [0.2, 0.25) is 0 Å². The summed E-state index contributed by atoms with van der Waals surface area (Å²) in [5, 5.41) is 6.30. The number of nitrogens with one attached hydrogen (secondary N) is 1. The summed E-state index contributed by atoms with van der Waals surface area (Å²) in [5.41, 5.74) is 3.28. The van der Waals surface area contributed by atoms with Gasteiger partial charge in [-0.3, -0.25) is 9.79 Å². The minimum Gasteiger partial charge on any atom is -0.326 e. The molecule has 23 heavy (non-hydrogen) atoms. The molecule has 2 aliphatic heterocycles. The normalized spacial score (nSPS) is 20.4. The fraction of sp³-hybridized carbons (Fsp3) is 0.444. The van der Waals surface area contributed by atoms with Crippen molar-refractivity contribution in [1.82, 2.24) is 4.90 Å². The summed E-state index contributed by atoms with van der Waals surface area (Å²) < 4.78 is 0. The molecule has 1 amide bonds. The molecule has 0 bridgehead atoms. The minimum absolute atomic E-state index is 0.147. The molecule has 1 fully saturated rings. The van der Waals surface area contributed by atoms with Gasteiger partial charge in [-0.1, -0.05) is 36.7 Å². The maximum absolute atomic E-state index is 12.1. The monoisotopic (exact) mass is 327 g/mol. The van der Waals surface area contributed by atoms with E-state index in [9.17, 15) is 4.79 Å². The second kappa shape index (κ2) is 6.40. The molecule has 1 saturated carbocycles. The van der Waals surface area contributed by atoms with Crippen LogP contribution < -0.4 is 5.32 Å². The third-order valence-corrected chi connectivity index (χ3v) is 5.68. The van der Waals surface area contributed by atoms with Crippen molar-refractivity contribution in [3.8, 4) is 0 Å². The Bertz CT molecular complexity index is 659. The Morgan fingerprint density at radius 1 is 1.26 bits per heavy atom. The quantitative estimate of drug-likeness (QED) is 0.911. The number of fused-ring (bicyclic) bond motifs is 1. The van der Waals surface area contributed by atoms with Gasteiger partial charge in [0.05, 0.1) is 12.2 Å². The standard InChI is InChI=1S/C18H21N3OS/c22-17(11-13-3-1-2-4-13)20-15-7-5-14(6-8-15)16-12-23-18-19-9-10-21(16)18/h5-8,12-13H,1-4,9-11H2,(H,20,22). The predicted molar refractivity (Wildman–Crippen MR) is 96.2 cm³/mol. The first kappa shape index (κ1) is 14.8. The van der Waals surface area contributed by atoms with Gasteiger partial charge >= 0.3 is 0 Å². The van der Waals surface area contributed by atoms with Gasteiger partial charge in [0.15, 0.2) is 5.17 Å². The number of hydrogen-bond acceptors (Lipinski definition) is 4. The Kier molecular flexibility index (Phi) is 4.12. The van der Waals surface area contributed by atoms with E-state index in [1.807, 2.05) is 12.1 Å². The molecule has 0 radical (unpaired) electrons. The van der Waals surface area contributed by atoms with Gasteiger partial charge < -0.3 is 10.2 Å². The first-order chi connectivity index (χ1) is 11.3. The molecule has 1 aromatic carbocycles. The highest BCUT2D eigenvalue weighted by Crippen LogP contribution is 2.35. The summed E-state index contributed by atoms with van der Waals surface area (Å²) in [6.45, 7) is 1.85. The highest BCUT2D eigenvalue weighted by Gasteiger charge is 2.27. The fourth-order valence-corrected chi connectivity index (χ4v) is 4.52. The maximum atomic E-state index is 12.1. The van der Waals surface area contributed by atoms with Gasteiger partial charge in [-0.15, -0.1) is 0 Å². The summed E-state index contributed by atoms with van der Waals surface area (Å²) >= 11 is 1.69. The van der Waals surface area contributed by atoms with E-state index in [1.165, 1.54) is 36.9 Å². The molecular weight excluding hydrogens is 306 g/mol. The zero-order valence-electron chi connectivity index (χ0n) is 13.1. The summed E-state index contributed by atoms with van der Waals surface area (Å²) in [5.74, 6) is 0.733. The Morgan fingerprint density at radius 3 is 2.83 bits per heavy atom. The van der Waals surface area contributed by atoms with Crippen LogP contribution in [0.4, 0.5) is 5.69 Å². The Labute approximate surface area is 141 Å². The summed E-state index contributed by atoms with van der Waals surface area (Å²) in [6, 6.07) is 8.16. The number of carbonyl (C=O) groups excluding carboxylic acids is 1. The number of rotatable bonds is 4. The highest BCUT2D eigenvalue weighted by molar-refractivity contribution is 8.16. The number of amides is 1. The zero-order chi connectivity index (χ0) is 15.6. The van der Waals surface area contributed by atoms with E-state index in [1.54, 1.807) is 11.8 Å². The smallest absolute Gasteiger partial charge is 0.224 e. The Morgan fingerprint density at radius 2 is 2.04 bits per heavy atom. The number of carbonyl (C=O) groups is 1. The topological polar surface area (TPSA) is 44.7 Å². The molecule has 2 heterocycles. The molecule has 4 nitrogen and oxygen atoms in total. The average Bonchev–Trinajstić information content (AvgIpc) is 3.25. The lowest BCUT2D eigenvalue weighted by molar-refractivity contribution is -0.117. The maximum Gasteiger partial charge on any atom is 0.224 e. The van der Waals surface area contributed by atoms with Crippen molar-refractivity contribution in [2.75, 3.05) is 18.4 Å². The van der Waals surface area contributed by atoms with Crippen LogP contribution in [0.3, 0.4) is 0 Å². The van der Waals surface area contributed by atoms with Crippen molar-refractivity contribution in [3.05, 3.63) is 35.2 Å². The van der Waals surface area contributed by atoms with Crippen LogP contribution in [-0.2, 0) is 4.79 Å². The van der Waals surface area contributed by atoms with Gasteiger partial charge in [-0.2, -0.15) is 0 Å². The first-order valence-corrected chi connectivity index (χ1v) is 9.27. The Hall–Kier alpha value is -1.75. The lowest BCUT2D eigenvalue weighted by Crippen LogP contribution is -2.19. The molecule has 0 saturated heterocycles. The van der Waals surface area contributed by atoms with Crippen LogP contribution >= 0.6 is 11.8 Å². The van der Waals surface area contributed by atoms with E-state index in [-0.39, 0.29) is 5.91 Å². The van der Waals surface area contributed by atoms with Gasteiger partial charge in [-0.05, 0) is 36.5 Å². The second-order valence-electron chi connectivity index (χ2n) is 6.42. The molecule has 0 spiro atoms. The van der Waals surface area contributed by atoms with Crippen molar-refractivity contribution < 1.29 is 4.79 Å². The molecule has 0 atom stereocenters. The molecule has 1 aromatic rings. The van der Waals surface area contributed by atoms with Crippen LogP contribution in [0.15, 0.2) is 34.7 Å². The van der Waals surface area contributed by atoms with Crippen molar-refractivity contribution >= 4 is 34.2 Å². The number of benzene rings is 1. The number of aliphatic imine (C=N–C) groups is 1. The summed E-state index contributed by atoms with van der Waals surface area (Å²) in [6.07, 6.45) is 5.63. The number of amidine groups is 1.